The molecular weight excluding hydrogens is 224 g/mol. The fourth-order valence-corrected chi connectivity index (χ4v) is 1.57. The molecule has 2 nitrogen and oxygen atoms in total. The summed E-state index contributed by atoms with van der Waals surface area (Å²) in [5.41, 5.74) is 0.662. The Morgan fingerprint density at radius 2 is 1.75 bits per heavy atom. The molecule has 0 radical (unpaired) electrons. The van der Waals surface area contributed by atoms with Crippen LogP contribution in [0.3, 0.4) is 0 Å². The maximum absolute atomic E-state index is 9.46. The Hall–Kier alpha value is -1.67. The smallest absolute Gasteiger partial charge is 0.128 e. The average molecular weight is 235 g/mol. The van der Waals surface area contributed by atoms with Crippen molar-refractivity contribution in [3.8, 4) is 17.2 Å². The third kappa shape index (κ3) is 2.47. The van der Waals surface area contributed by atoms with Crippen LogP contribution >= 0.6 is 11.6 Å². The van der Waals surface area contributed by atoms with E-state index in [9.17, 15) is 5.11 Å². The van der Waals surface area contributed by atoms with Gasteiger partial charge in [0.15, 0.2) is 0 Å². The van der Waals surface area contributed by atoms with E-state index in [1.807, 2.05) is 30.3 Å². The van der Waals surface area contributed by atoms with E-state index in [0.717, 1.165) is 5.75 Å². The summed E-state index contributed by atoms with van der Waals surface area (Å²) in [5, 5.41) is 9.46. The minimum absolute atomic E-state index is 0.190. The highest BCUT2D eigenvalue weighted by Gasteiger charge is 2.03. The Bertz CT molecular complexity index is 469. The summed E-state index contributed by atoms with van der Waals surface area (Å²) in [7, 11) is 0. The number of benzene rings is 2. The predicted molar refractivity (Wildman–Crippen MR) is 64.2 cm³/mol. The first kappa shape index (κ1) is 10.8. The van der Waals surface area contributed by atoms with Gasteiger partial charge in [-0.05, 0) is 30.3 Å². The van der Waals surface area contributed by atoms with E-state index in [4.69, 9.17) is 16.3 Å². The highest BCUT2D eigenvalue weighted by molar-refractivity contribution is 6.17. The van der Waals surface area contributed by atoms with Gasteiger partial charge in [0.1, 0.15) is 17.2 Å². The number of phenolic OH excluding ortho intramolecular Hbond substituents is 1. The SMILES string of the molecule is Oc1ccc(Oc2ccccc2)cc1CCl. The Morgan fingerprint density at radius 1 is 1.00 bits per heavy atom. The molecule has 0 heterocycles. The van der Waals surface area contributed by atoms with Gasteiger partial charge >= 0.3 is 0 Å². The molecule has 2 aromatic rings. The van der Waals surface area contributed by atoms with Gasteiger partial charge in [-0.3, -0.25) is 0 Å². The van der Waals surface area contributed by atoms with Crippen LogP contribution in [0, 0.1) is 0 Å². The largest absolute Gasteiger partial charge is 0.508 e. The zero-order chi connectivity index (χ0) is 11.4. The number of phenols is 1. The molecule has 0 unspecified atom stereocenters. The van der Waals surface area contributed by atoms with Gasteiger partial charge in [-0.25, -0.2) is 0 Å². The van der Waals surface area contributed by atoms with Crippen molar-refractivity contribution in [2.24, 2.45) is 0 Å². The van der Waals surface area contributed by atoms with Crippen molar-refractivity contribution in [1.29, 1.82) is 0 Å². The van der Waals surface area contributed by atoms with Gasteiger partial charge in [-0.2, -0.15) is 0 Å². The number of para-hydroxylation sites is 1. The van der Waals surface area contributed by atoms with Gasteiger partial charge in [-0.1, -0.05) is 18.2 Å². The summed E-state index contributed by atoms with van der Waals surface area (Å²) < 4.78 is 5.61. The molecule has 2 aromatic carbocycles. The van der Waals surface area contributed by atoms with Gasteiger partial charge in [-0.15, -0.1) is 11.6 Å². The van der Waals surface area contributed by atoms with Crippen molar-refractivity contribution in [1.82, 2.24) is 0 Å². The van der Waals surface area contributed by atoms with Crippen LogP contribution in [0.15, 0.2) is 48.5 Å². The first-order valence-corrected chi connectivity index (χ1v) is 5.44. The summed E-state index contributed by atoms with van der Waals surface area (Å²) in [4.78, 5) is 0. The topological polar surface area (TPSA) is 29.5 Å². The van der Waals surface area contributed by atoms with Gasteiger partial charge in [0.25, 0.3) is 0 Å². The lowest BCUT2D eigenvalue weighted by Gasteiger charge is -2.07. The minimum atomic E-state index is 0.190. The Morgan fingerprint density at radius 3 is 2.44 bits per heavy atom. The molecule has 0 spiro atoms. The van der Waals surface area contributed by atoms with Gasteiger partial charge in [0.2, 0.25) is 0 Å². The molecule has 82 valence electrons. The van der Waals surface area contributed by atoms with Crippen LogP contribution in [-0.4, -0.2) is 5.11 Å². The molecular formula is C13H11ClO2. The summed E-state index contributed by atoms with van der Waals surface area (Å²) in [6.07, 6.45) is 0. The molecule has 0 aliphatic carbocycles. The Labute approximate surface area is 99.1 Å². The molecule has 3 heteroatoms. The number of ether oxygens (including phenoxy) is 1. The van der Waals surface area contributed by atoms with Crippen LogP contribution in [-0.2, 0) is 5.88 Å². The van der Waals surface area contributed by atoms with Crippen LogP contribution in [0.4, 0.5) is 0 Å². The maximum Gasteiger partial charge on any atom is 0.128 e. The van der Waals surface area contributed by atoms with Gasteiger partial charge in [0.05, 0.1) is 5.88 Å². The van der Waals surface area contributed by atoms with Crippen molar-refractivity contribution in [3.63, 3.8) is 0 Å². The molecule has 0 saturated heterocycles. The Kier molecular flexibility index (Phi) is 3.32. The molecule has 0 aliphatic heterocycles. The van der Waals surface area contributed by atoms with Crippen molar-refractivity contribution < 1.29 is 9.84 Å². The van der Waals surface area contributed by atoms with Crippen molar-refractivity contribution in [2.75, 3.05) is 0 Å². The first-order chi connectivity index (χ1) is 7.79. The fraction of sp³-hybridized carbons (Fsp3) is 0.0769. The normalized spacial score (nSPS) is 10.1. The molecule has 0 aromatic heterocycles. The van der Waals surface area contributed by atoms with Crippen molar-refractivity contribution in [2.45, 2.75) is 5.88 Å². The van der Waals surface area contributed by atoms with E-state index in [1.165, 1.54) is 0 Å². The highest BCUT2D eigenvalue weighted by atomic mass is 35.5. The molecule has 0 saturated carbocycles. The molecule has 0 atom stereocenters. The fourth-order valence-electron chi connectivity index (χ4n) is 1.36. The molecule has 2 rings (SSSR count). The number of halogens is 1. The average Bonchev–Trinajstić information content (AvgIpc) is 2.33. The van der Waals surface area contributed by atoms with Crippen LogP contribution in [0.5, 0.6) is 17.2 Å². The lowest BCUT2D eigenvalue weighted by Crippen LogP contribution is -1.86. The van der Waals surface area contributed by atoms with E-state index < -0.39 is 0 Å². The number of rotatable bonds is 3. The number of alkyl halides is 1. The summed E-state index contributed by atoms with van der Waals surface area (Å²) in [6.45, 7) is 0. The van der Waals surface area contributed by atoms with E-state index in [0.29, 0.717) is 11.3 Å². The van der Waals surface area contributed by atoms with Crippen LogP contribution in [0.1, 0.15) is 5.56 Å². The second kappa shape index (κ2) is 4.90. The quantitative estimate of drug-likeness (QED) is 0.816. The van der Waals surface area contributed by atoms with Gasteiger partial charge in [0, 0.05) is 5.56 Å². The van der Waals surface area contributed by atoms with Crippen molar-refractivity contribution >= 4 is 11.6 Å². The molecule has 0 bridgehead atoms. The predicted octanol–water partition coefficient (Wildman–Crippen LogP) is 3.92. The van der Waals surface area contributed by atoms with E-state index >= 15 is 0 Å². The van der Waals surface area contributed by atoms with E-state index in [1.54, 1.807) is 18.2 Å². The molecule has 1 N–H and O–H groups in total. The zero-order valence-electron chi connectivity index (χ0n) is 8.56. The third-order valence-corrected chi connectivity index (χ3v) is 2.46. The Balaban J connectivity index is 2.22. The first-order valence-electron chi connectivity index (χ1n) is 4.90. The van der Waals surface area contributed by atoms with Crippen LogP contribution in [0.2, 0.25) is 0 Å². The minimum Gasteiger partial charge on any atom is -0.508 e. The molecule has 16 heavy (non-hydrogen) atoms. The van der Waals surface area contributed by atoms with E-state index in [2.05, 4.69) is 0 Å². The highest BCUT2D eigenvalue weighted by Crippen LogP contribution is 2.27. The van der Waals surface area contributed by atoms with Crippen LogP contribution in [0.25, 0.3) is 0 Å². The van der Waals surface area contributed by atoms with E-state index in [-0.39, 0.29) is 11.6 Å². The monoisotopic (exact) mass is 234 g/mol. The number of hydrogen-bond acceptors (Lipinski definition) is 2. The second-order valence-electron chi connectivity index (χ2n) is 3.34. The summed E-state index contributed by atoms with van der Waals surface area (Å²) in [6, 6.07) is 14.5. The molecule has 0 amide bonds. The van der Waals surface area contributed by atoms with Gasteiger partial charge < -0.3 is 9.84 Å². The molecule has 0 fully saturated rings. The summed E-state index contributed by atoms with van der Waals surface area (Å²) >= 11 is 5.69. The zero-order valence-corrected chi connectivity index (χ0v) is 9.32. The lowest BCUT2D eigenvalue weighted by molar-refractivity contribution is 0.460. The van der Waals surface area contributed by atoms with Crippen LogP contribution < -0.4 is 4.74 Å². The lowest BCUT2D eigenvalue weighted by atomic mass is 10.2. The third-order valence-electron chi connectivity index (χ3n) is 2.17. The maximum atomic E-state index is 9.46. The molecule has 0 aliphatic rings. The standard InChI is InChI=1S/C13H11ClO2/c14-9-10-8-12(6-7-13(10)15)16-11-4-2-1-3-5-11/h1-8,15H,9H2. The summed E-state index contributed by atoms with van der Waals surface area (Å²) in [5.74, 6) is 1.88. The number of aromatic hydroxyl groups is 1. The van der Waals surface area contributed by atoms with Crippen molar-refractivity contribution in [3.05, 3.63) is 54.1 Å². The number of hydrogen-bond donors (Lipinski definition) is 1. The second-order valence-corrected chi connectivity index (χ2v) is 3.61.